The van der Waals surface area contributed by atoms with E-state index in [1.54, 1.807) is 6.33 Å². The standard InChI is InChI=1S/C11H16N6/c1-15-8-12-14-11(15)10-6-17(7-10)5-9-3-13-16(2)4-9/h3-4,8,10H,5-7H2,1-2H3. The molecule has 2 aromatic heterocycles. The fourth-order valence-corrected chi connectivity index (χ4v) is 2.34. The Bertz CT molecular complexity index is 508. The number of nitrogens with zero attached hydrogens (tertiary/aromatic N) is 6. The van der Waals surface area contributed by atoms with Gasteiger partial charge in [0.1, 0.15) is 12.2 Å². The molecule has 0 unspecified atom stereocenters. The fourth-order valence-electron chi connectivity index (χ4n) is 2.34. The molecule has 6 nitrogen and oxygen atoms in total. The van der Waals surface area contributed by atoms with Crippen LogP contribution in [-0.4, -0.2) is 42.5 Å². The molecule has 3 heterocycles. The van der Waals surface area contributed by atoms with Crippen LogP contribution in [0.4, 0.5) is 0 Å². The second-order valence-corrected chi connectivity index (χ2v) is 4.71. The van der Waals surface area contributed by atoms with Crippen LogP contribution in [0.15, 0.2) is 18.7 Å². The van der Waals surface area contributed by atoms with E-state index in [4.69, 9.17) is 0 Å². The Morgan fingerprint density at radius 1 is 1.35 bits per heavy atom. The summed E-state index contributed by atoms with van der Waals surface area (Å²) in [5.41, 5.74) is 1.27. The van der Waals surface area contributed by atoms with Crippen LogP contribution in [0, 0.1) is 0 Å². The van der Waals surface area contributed by atoms with Gasteiger partial charge >= 0.3 is 0 Å². The van der Waals surface area contributed by atoms with Gasteiger partial charge in [-0.15, -0.1) is 10.2 Å². The quantitative estimate of drug-likeness (QED) is 0.756. The lowest BCUT2D eigenvalue weighted by Crippen LogP contribution is -2.45. The monoisotopic (exact) mass is 232 g/mol. The van der Waals surface area contributed by atoms with Crippen LogP contribution in [0.3, 0.4) is 0 Å². The van der Waals surface area contributed by atoms with Gasteiger partial charge in [0.05, 0.1) is 6.20 Å². The normalized spacial score (nSPS) is 17.3. The highest BCUT2D eigenvalue weighted by Gasteiger charge is 2.31. The second kappa shape index (κ2) is 3.96. The molecule has 2 aromatic rings. The highest BCUT2D eigenvalue weighted by Crippen LogP contribution is 2.26. The van der Waals surface area contributed by atoms with Crippen molar-refractivity contribution >= 4 is 0 Å². The van der Waals surface area contributed by atoms with Crippen LogP contribution < -0.4 is 0 Å². The summed E-state index contributed by atoms with van der Waals surface area (Å²) in [7, 11) is 3.95. The summed E-state index contributed by atoms with van der Waals surface area (Å²) in [6, 6.07) is 0. The van der Waals surface area contributed by atoms with Gasteiger partial charge < -0.3 is 4.57 Å². The Morgan fingerprint density at radius 3 is 2.76 bits per heavy atom. The van der Waals surface area contributed by atoms with Gasteiger partial charge in [-0.3, -0.25) is 9.58 Å². The summed E-state index contributed by atoms with van der Waals surface area (Å²) in [5.74, 6) is 1.62. The third-order valence-corrected chi connectivity index (χ3v) is 3.23. The molecule has 0 amide bonds. The van der Waals surface area contributed by atoms with E-state index in [1.165, 1.54) is 5.56 Å². The summed E-state index contributed by atoms with van der Waals surface area (Å²) >= 11 is 0. The lowest BCUT2D eigenvalue weighted by Gasteiger charge is -2.38. The molecular formula is C11H16N6. The molecule has 1 saturated heterocycles. The van der Waals surface area contributed by atoms with E-state index in [9.17, 15) is 0 Å². The molecule has 0 atom stereocenters. The van der Waals surface area contributed by atoms with Gasteiger partial charge in [-0.05, 0) is 0 Å². The van der Waals surface area contributed by atoms with Crippen molar-refractivity contribution in [2.24, 2.45) is 14.1 Å². The second-order valence-electron chi connectivity index (χ2n) is 4.71. The number of hydrogen-bond acceptors (Lipinski definition) is 4. The third kappa shape index (κ3) is 1.95. The molecule has 17 heavy (non-hydrogen) atoms. The van der Waals surface area contributed by atoms with E-state index in [0.29, 0.717) is 5.92 Å². The largest absolute Gasteiger partial charge is 0.320 e. The van der Waals surface area contributed by atoms with Gasteiger partial charge in [-0.25, -0.2) is 0 Å². The van der Waals surface area contributed by atoms with Crippen LogP contribution in [0.2, 0.25) is 0 Å². The lowest BCUT2D eigenvalue weighted by atomic mass is 9.99. The van der Waals surface area contributed by atoms with Crippen LogP contribution >= 0.6 is 0 Å². The molecule has 1 aliphatic heterocycles. The van der Waals surface area contributed by atoms with Crippen molar-refractivity contribution in [2.45, 2.75) is 12.5 Å². The van der Waals surface area contributed by atoms with Gasteiger partial charge in [0.25, 0.3) is 0 Å². The van der Waals surface area contributed by atoms with Crippen molar-refractivity contribution < 1.29 is 0 Å². The van der Waals surface area contributed by atoms with Gasteiger partial charge in [0.2, 0.25) is 0 Å². The zero-order valence-electron chi connectivity index (χ0n) is 10.1. The maximum atomic E-state index is 4.17. The minimum atomic E-state index is 0.527. The number of hydrogen-bond donors (Lipinski definition) is 0. The van der Waals surface area contributed by atoms with E-state index in [0.717, 1.165) is 25.5 Å². The Hall–Kier alpha value is -1.69. The average Bonchev–Trinajstić information content (AvgIpc) is 2.81. The Morgan fingerprint density at radius 2 is 2.18 bits per heavy atom. The lowest BCUT2D eigenvalue weighted by molar-refractivity contribution is 0.133. The molecule has 6 heteroatoms. The minimum Gasteiger partial charge on any atom is -0.320 e. The predicted octanol–water partition coefficient (Wildman–Crippen LogP) is 0.148. The first-order chi connectivity index (χ1) is 8.22. The predicted molar refractivity (Wildman–Crippen MR) is 62.2 cm³/mol. The third-order valence-electron chi connectivity index (χ3n) is 3.23. The van der Waals surface area contributed by atoms with E-state index >= 15 is 0 Å². The van der Waals surface area contributed by atoms with E-state index in [2.05, 4.69) is 26.4 Å². The molecular weight excluding hydrogens is 216 g/mol. The molecule has 1 aliphatic rings. The maximum absolute atomic E-state index is 4.17. The summed E-state index contributed by atoms with van der Waals surface area (Å²) in [4.78, 5) is 2.40. The molecule has 0 aromatic carbocycles. The van der Waals surface area contributed by atoms with Crippen molar-refractivity contribution in [3.63, 3.8) is 0 Å². The van der Waals surface area contributed by atoms with Gasteiger partial charge in [0.15, 0.2) is 0 Å². The number of rotatable bonds is 3. The SMILES string of the molecule is Cn1cc(CN2CC(c3nncn3C)C2)cn1. The molecule has 0 bridgehead atoms. The van der Waals surface area contributed by atoms with Crippen molar-refractivity contribution in [2.75, 3.05) is 13.1 Å². The van der Waals surface area contributed by atoms with Gasteiger partial charge in [-0.2, -0.15) is 5.10 Å². The first-order valence-corrected chi connectivity index (χ1v) is 5.76. The van der Waals surface area contributed by atoms with Crippen molar-refractivity contribution in [1.82, 2.24) is 29.4 Å². The van der Waals surface area contributed by atoms with Gasteiger partial charge in [-0.1, -0.05) is 0 Å². The molecule has 0 N–H and O–H groups in total. The zero-order chi connectivity index (χ0) is 11.8. The Kier molecular flexibility index (Phi) is 2.44. The van der Waals surface area contributed by atoms with Crippen molar-refractivity contribution in [3.8, 4) is 0 Å². The van der Waals surface area contributed by atoms with Crippen LogP contribution in [-0.2, 0) is 20.6 Å². The molecule has 3 rings (SSSR count). The Balaban J connectivity index is 1.57. The highest BCUT2D eigenvalue weighted by atomic mass is 15.3. The summed E-state index contributed by atoms with van der Waals surface area (Å²) in [6.45, 7) is 3.09. The summed E-state index contributed by atoms with van der Waals surface area (Å²) in [6.07, 6.45) is 5.75. The number of aromatic nitrogens is 5. The van der Waals surface area contributed by atoms with Crippen LogP contribution in [0.1, 0.15) is 17.3 Å². The van der Waals surface area contributed by atoms with Crippen LogP contribution in [0.25, 0.3) is 0 Å². The topological polar surface area (TPSA) is 51.8 Å². The molecule has 0 spiro atoms. The van der Waals surface area contributed by atoms with Crippen LogP contribution in [0.5, 0.6) is 0 Å². The minimum absolute atomic E-state index is 0.527. The zero-order valence-corrected chi connectivity index (χ0v) is 10.1. The molecule has 0 saturated carbocycles. The van der Waals surface area contributed by atoms with E-state index < -0.39 is 0 Å². The van der Waals surface area contributed by atoms with E-state index in [1.807, 2.05) is 29.5 Å². The highest BCUT2D eigenvalue weighted by molar-refractivity contribution is 5.09. The molecule has 90 valence electrons. The molecule has 0 radical (unpaired) electrons. The fraction of sp³-hybridized carbons (Fsp3) is 0.545. The first-order valence-electron chi connectivity index (χ1n) is 5.76. The number of likely N-dealkylation sites (tertiary alicyclic amines) is 1. The van der Waals surface area contributed by atoms with Crippen molar-refractivity contribution in [3.05, 3.63) is 30.1 Å². The van der Waals surface area contributed by atoms with E-state index in [-0.39, 0.29) is 0 Å². The first kappa shape index (κ1) is 10.5. The summed E-state index contributed by atoms with van der Waals surface area (Å²) < 4.78 is 3.85. The smallest absolute Gasteiger partial charge is 0.138 e. The Labute approximate surface area is 99.9 Å². The van der Waals surface area contributed by atoms with Crippen molar-refractivity contribution in [1.29, 1.82) is 0 Å². The maximum Gasteiger partial charge on any atom is 0.138 e. The number of aryl methyl sites for hydroxylation is 2. The summed E-state index contributed by atoms with van der Waals surface area (Å²) in [5, 5.41) is 12.2. The van der Waals surface area contributed by atoms with Gasteiger partial charge in [0, 0.05) is 51.4 Å². The molecule has 1 fully saturated rings. The average molecular weight is 232 g/mol. The molecule has 0 aliphatic carbocycles.